The number of methoxy groups -OCH3 is 1. The van der Waals surface area contributed by atoms with Gasteiger partial charge in [-0.05, 0) is 25.1 Å². The van der Waals surface area contributed by atoms with Crippen molar-refractivity contribution in [2.45, 2.75) is 11.3 Å². The average molecular weight is 347 g/mol. The molecule has 8 heteroatoms. The van der Waals surface area contributed by atoms with Crippen molar-refractivity contribution in [1.82, 2.24) is 10.0 Å². The molecule has 1 heterocycles. The number of carbonyl (C=O) groups is 1. The van der Waals surface area contributed by atoms with E-state index in [9.17, 15) is 13.2 Å². The number of halogens is 1. The molecule has 2 rings (SSSR count). The van der Waals surface area contributed by atoms with E-state index in [0.717, 1.165) is 25.1 Å². The van der Waals surface area contributed by atoms with Crippen LogP contribution in [-0.4, -0.2) is 41.1 Å². The zero-order valence-electron chi connectivity index (χ0n) is 12.2. The molecule has 0 saturated carbocycles. The second kappa shape index (κ2) is 8.28. The van der Waals surface area contributed by atoms with Gasteiger partial charge in [0.25, 0.3) is 0 Å². The minimum absolute atomic E-state index is 0. The fraction of sp³-hybridized carbons (Fsp3) is 0.357. The number of hydrogen-bond donors (Lipinski definition) is 2. The summed E-state index contributed by atoms with van der Waals surface area (Å²) in [4.78, 5) is 11.6. The van der Waals surface area contributed by atoms with Crippen LogP contribution in [0.1, 0.15) is 16.8 Å². The summed E-state index contributed by atoms with van der Waals surface area (Å²) in [5.74, 6) is -0.669. The smallest absolute Gasteiger partial charge is 0.339 e. The van der Waals surface area contributed by atoms with Gasteiger partial charge in [-0.15, -0.1) is 12.4 Å². The van der Waals surface area contributed by atoms with E-state index in [0.29, 0.717) is 0 Å². The van der Waals surface area contributed by atoms with Gasteiger partial charge in [-0.1, -0.05) is 23.8 Å². The molecule has 0 aromatic heterocycles. The second-order valence-electron chi connectivity index (χ2n) is 4.63. The van der Waals surface area contributed by atoms with Gasteiger partial charge in [-0.2, -0.15) is 0 Å². The molecule has 1 aliphatic heterocycles. The highest BCUT2D eigenvalue weighted by Crippen LogP contribution is 2.16. The highest BCUT2D eigenvalue weighted by molar-refractivity contribution is 7.89. The molecule has 0 atom stereocenters. The summed E-state index contributed by atoms with van der Waals surface area (Å²) >= 11 is 0. The number of sulfonamides is 1. The Labute approximate surface area is 136 Å². The van der Waals surface area contributed by atoms with Crippen LogP contribution in [0.3, 0.4) is 0 Å². The van der Waals surface area contributed by atoms with Gasteiger partial charge in [0.05, 0.1) is 17.6 Å². The third-order valence-corrected chi connectivity index (χ3v) is 4.69. The SMILES string of the molecule is COC(=O)c1ccccc1S(=O)(=O)NCC1=CCNCC1.Cl. The third kappa shape index (κ3) is 4.54. The van der Waals surface area contributed by atoms with E-state index < -0.39 is 16.0 Å². The number of ether oxygens (including phenoxy) is 1. The second-order valence-corrected chi connectivity index (χ2v) is 6.36. The molecule has 0 fully saturated rings. The first kappa shape index (κ1) is 18.6. The molecule has 1 aromatic rings. The first-order valence-corrected chi connectivity index (χ1v) is 8.08. The standard InChI is InChI=1S/C14H18N2O4S.ClH/c1-20-14(17)12-4-2-3-5-13(12)21(18,19)16-10-11-6-8-15-9-7-11;/h2-6,15-16H,7-10H2,1H3;1H. The summed E-state index contributed by atoms with van der Waals surface area (Å²) in [6, 6.07) is 6.00. The largest absolute Gasteiger partial charge is 0.465 e. The van der Waals surface area contributed by atoms with E-state index in [-0.39, 0.29) is 29.4 Å². The molecule has 1 aliphatic rings. The zero-order chi connectivity index (χ0) is 15.3. The molecule has 0 saturated heterocycles. The van der Waals surface area contributed by atoms with Crippen molar-refractivity contribution in [3.8, 4) is 0 Å². The molecule has 0 aliphatic carbocycles. The van der Waals surface area contributed by atoms with E-state index in [1.54, 1.807) is 12.1 Å². The molecule has 0 spiro atoms. The van der Waals surface area contributed by atoms with E-state index in [4.69, 9.17) is 0 Å². The highest BCUT2D eigenvalue weighted by Gasteiger charge is 2.22. The van der Waals surface area contributed by atoms with Gasteiger partial charge >= 0.3 is 5.97 Å². The van der Waals surface area contributed by atoms with Gasteiger partial charge in [0, 0.05) is 13.1 Å². The molecule has 22 heavy (non-hydrogen) atoms. The lowest BCUT2D eigenvalue weighted by atomic mass is 10.1. The Morgan fingerprint density at radius 3 is 2.73 bits per heavy atom. The van der Waals surface area contributed by atoms with Gasteiger partial charge in [0.15, 0.2) is 0 Å². The van der Waals surface area contributed by atoms with Crippen LogP contribution in [0.5, 0.6) is 0 Å². The van der Waals surface area contributed by atoms with Gasteiger partial charge in [-0.3, -0.25) is 0 Å². The Morgan fingerprint density at radius 2 is 2.09 bits per heavy atom. The van der Waals surface area contributed by atoms with E-state index in [2.05, 4.69) is 14.8 Å². The lowest BCUT2D eigenvalue weighted by molar-refractivity contribution is 0.0596. The van der Waals surface area contributed by atoms with Crippen molar-refractivity contribution in [2.75, 3.05) is 26.7 Å². The van der Waals surface area contributed by atoms with Gasteiger partial charge in [-0.25, -0.2) is 17.9 Å². The fourth-order valence-corrected chi connectivity index (χ4v) is 3.30. The molecule has 0 amide bonds. The van der Waals surface area contributed by atoms with Crippen molar-refractivity contribution in [1.29, 1.82) is 0 Å². The summed E-state index contributed by atoms with van der Waals surface area (Å²) in [5.41, 5.74) is 1.07. The van der Waals surface area contributed by atoms with Crippen molar-refractivity contribution in [3.05, 3.63) is 41.5 Å². The maximum atomic E-state index is 12.4. The minimum atomic E-state index is -3.76. The maximum absolute atomic E-state index is 12.4. The monoisotopic (exact) mass is 346 g/mol. The number of hydrogen-bond acceptors (Lipinski definition) is 5. The van der Waals surface area contributed by atoms with Gasteiger partial charge in [0.2, 0.25) is 10.0 Å². The van der Waals surface area contributed by atoms with Crippen LogP contribution in [-0.2, 0) is 14.8 Å². The Hall–Kier alpha value is -1.41. The molecule has 0 bridgehead atoms. The van der Waals surface area contributed by atoms with Crippen molar-refractivity contribution < 1.29 is 17.9 Å². The molecule has 1 aromatic carbocycles. The Kier molecular flexibility index (Phi) is 7.02. The third-order valence-electron chi connectivity index (χ3n) is 3.23. The topological polar surface area (TPSA) is 84.5 Å². The summed E-state index contributed by atoms with van der Waals surface area (Å²) < 4.78 is 31.9. The zero-order valence-corrected chi connectivity index (χ0v) is 13.8. The molecule has 2 N–H and O–H groups in total. The summed E-state index contributed by atoms with van der Waals surface area (Å²) in [6.45, 7) is 1.83. The van der Waals surface area contributed by atoms with Crippen molar-refractivity contribution >= 4 is 28.4 Å². The molecular weight excluding hydrogens is 328 g/mol. The highest BCUT2D eigenvalue weighted by atomic mass is 35.5. The van der Waals surface area contributed by atoms with Crippen LogP contribution in [0.2, 0.25) is 0 Å². The molecule has 6 nitrogen and oxygen atoms in total. The van der Waals surface area contributed by atoms with Crippen LogP contribution in [0.25, 0.3) is 0 Å². The van der Waals surface area contributed by atoms with E-state index in [1.807, 2.05) is 6.08 Å². The summed E-state index contributed by atoms with van der Waals surface area (Å²) in [5, 5.41) is 3.16. The summed E-state index contributed by atoms with van der Waals surface area (Å²) in [7, 11) is -2.54. The first-order chi connectivity index (χ1) is 10.0. The van der Waals surface area contributed by atoms with E-state index >= 15 is 0 Å². The van der Waals surface area contributed by atoms with E-state index in [1.165, 1.54) is 19.2 Å². The number of rotatable bonds is 5. The lowest BCUT2D eigenvalue weighted by Crippen LogP contribution is -2.30. The quantitative estimate of drug-likeness (QED) is 0.616. The van der Waals surface area contributed by atoms with Crippen LogP contribution in [0, 0.1) is 0 Å². The normalized spacial score (nSPS) is 14.7. The van der Waals surface area contributed by atoms with Crippen molar-refractivity contribution in [3.63, 3.8) is 0 Å². The first-order valence-electron chi connectivity index (χ1n) is 6.60. The average Bonchev–Trinajstić information content (AvgIpc) is 2.53. The van der Waals surface area contributed by atoms with Crippen molar-refractivity contribution in [2.24, 2.45) is 0 Å². The Bertz CT molecular complexity index is 659. The number of benzene rings is 1. The molecule has 0 unspecified atom stereocenters. The van der Waals surface area contributed by atoms with Crippen LogP contribution >= 0.6 is 12.4 Å². The fourth-order valence-electron chi connectivity index (χ4n) is 2.08. The molecular formula is C14H19ClN2O4S. The molecule has 122 valence electrons. The van der Waals surface area contributed by atoms with Gasteiger partial charge < -0.3 is 10.1 Å². The van der Waals surface area contributed by atoms with Crippen LogP contribution in [0.15, 0.2) is 40.8 Å². The predicted molar refractivity (Wildman–Crippen MR) is 85.8 cm³/mol. The maximum Gasteiger partial charge on any atom is 0.339 e. The summed E-state index contributed by atoms with van der Waals surface area (Å²) in [6.07, 6.45) is 2.78. The Morgan fingerprint density at radius 1 is 1.36 bits per heavy atom. The van der Waals surface area contributed by atoms with Crippen LogP contribution in [0.4, 0.5) is 0 Å². The molecule has 0 radical (unpaired) electrons. The predicted octanol–water partition coefficient (Wildman–Crippen LogP) is 1.09. The minimum Gasteiger partial charge on any atom is -0.465 e. The number of esters is 1. The van der Waals surface area contributed by atoms with Crippen LogP contribution < -0.4 is 10.0 Å². The number of carbonyl (C=O) groups excluding carboxylic acids is 1. The lowest BCUT2D eigenvalue weighted by Gasteiger charge is -2.15. The Balaban J connectivity index is 0.00000242. The van der Waals surface area contributed by atoms with Gasteiger partial charge in [0.1, 0.15) is 0 Å². The number of nitrogens with one attached hydrogen (secondary N) is 2.